The highest BCUT2D eigenvalue weighted by atomic mass is 35.5. The minimum atomic E-state index is 0. The van der Waals surface area contributed by atoms with Crippen LogP contribution < -0.4 is 5.32 Å². The van der Waals surface area contributed by atoms with Crippen molar-refractivity contribution < 1.29 is 4.79 Å². The zero-order chi connectivity index (χ0) is 12.0. The van der Waals surface area contributed by atoms with Crippen molar-refractivity contribution in [2.75, 3.05) is 19.6 Å². The van der Waals surface area contributed by atoms with Gasteiger partial charge in [-0.15, -0.1) is 12.4 Å². The van der Waals surface area contributed by atoms with E-state index in [1.54, 1.807) is 0 Å². The molecular weight excluding hydrogens is 236 g/mol. The Bertz CT molecular complexity index is 223. The summed E-state index contributed by atoms with van der Waals surface area (Å²) in [6.07, 6.45) is 4.29. The molecule has 0 bridgehead atoms. The van der Waals surface area contributed by atoms with Crippen LogP contribution in [0.3, 0.4) is 0 Å². The van der Waals surface area contributed by atoms with E-state index >= 15 is 0 Å². The smallest absolute Gasteiger partial charge is 0.225 e. The van der Waals surface area contributed by atoms with Crippen LogP contribution in [0.1, 0.15) is 46.5 Å². The number of piperidine rings is 1. The van der Waals surface area contributed by atoms with Crippen molar-refractivity contribution in [2.45, 2.75) is 52.5 Å². The molecule has 0 radical (unpaired) electrons. The molecule has 0 aromatic rings. The number of rotatable bonds is 5. The number of hydrogen-bond acceptors (Lipinski definition) is 2. The van der Waals surface area contributed by atoms with Crippen LogP contribution in [-0.4, -0.2) is 36.5 Å². The summed E-state index contributed by atoms with van der Waals surface area (Å²) in [6.45, 7) is 9.20. The molecule has 1 aliphatic rings. The van der Waals surface area contributed by atoms with E-state index in [1.165, 1.54) is 0 Å². The number of hydrogen-bond donors (Lipinski definition) is 1. The second-order valence-corrected chi connectivity index (χ2v) is 4.85. The highest BCUT2D eigenvalue weighted by molar-refractivity contribution is 5.85. The van der Waals surface area contributed by atoms with Crippen molar-refractivity contribution in [1.82, 2.24) is 10.2 Å². The molecule has 2 atom stereocenters. The Morgan fingerprint density at radius 2 is 2.12 bits per heavy atom. The molecule has 0 aromatic heterocycles. The molecule has 0 saturated carbocycles. The first-order valence-electron chi connectivity index (χ1n) is 6.71. The van der Waals surface area contributed by atoms with E-state index in [0.29, 0.717) is 11.9 Å². The fraction of sp³-hybridized carbons (Fsp3) is 0.923. The van der Waals surface area contributed by atoms with Gasteiger partial charge < -0.3 is 10.2 Å². The topological polar surface area (TPSA) is 32.3 Å². The van der Waals surface area contributed by atoms with Gasteiger partial charge in [0.15, 0.2) is 0 Å². The fourth-order valence-corrected chi connectivity index (χ4v) is 2.39. The van der Waals surface area contributed by atoms with E-state index in [2.05, 4.69) is 26.1 Å². The van der Waals surface area contributed by atoms with Gasteiger partial charge in [-0.05, 0) is 39.7 Å². The van der Waals surface area contributed by atoms with Gasteiger partial charge in [-0.25, -0.2) is 0 Å². The SMILES string of the molecule is CCCCN(CC)C(=O)[C@H]1CCN[C@@H](C)C1.Cl. The summed E-state index contributed by atoms with van der Waals surface area (Å²) in [5.74, 6) is 0.636. The monoisotopic (exact) mass is 262 g/mol. The summed E-state index contributed by atoms with van der Waals surface area (Å²) >= 11 is 0. The number of carbonyl (C=O) groups is 1. The summed E-state index contributed by atoms with van der Waals surface area (Å²) in [4.78, 5) is 14.3. The van der Waals surface area contributed by atoms with Gasteiger partial charge in [0.05, 0.1) is 0 Å². The van der Waals surface area contributed by atoms with Crippen molar-refractivity contribution in [1.29, 1.82) is 0 Å². The van der Waals surface area contributed by atoms with Crippen molar-refractivity contribution in [3.8, 4) is 0 Å². The summed E-state index contributed by atoms with van der Waals surface area (Å²) in [7, 11) is 0. The summed E-state index contributed by atoms with van der Waals surface area (Å²) < 4.78 is 0. The summed E-state index contributed by atoms with van der Waals surface area (Å²) in [6, 6.07) is 0.493. The molecule has 0 aromatic carbocycles. The molecular formula is C13H27ClN2O. The molecule has 17 heavy (non-hydrogen) atoms. The van der Waals surface area contributed by atoms with Gasteiger partial charge in [0.25, 0.3) is 0 Å². The number of carbonyl (C=O) groups excluding carboxylic acids is 1. The number of nitrogens with zero attached hydrogens (tertiary/aromatic N) is 1. The third kappa shape index (κ3) is 5.26. The van der Waals surface area contributed by atoms with Crippen LogP contribution >= 0.6 is 12.4 Å². The number of unbranched alkanes of at least 4 members (excludes halogenated alkanes) is 1. The lowest BCUT2D eigenvalue weighted by Crippen LogP contribution is -2.44. The third-order valence-electron chi connectivity index (χ3n) is 3.45. The minimum absolute atomic E-state index is 0. The van der Waals surface area contributed by atoms with Gasteiger partial charge >= 0.3 is 0 Å². The Hall–Kier alpha value is -0.280. The molecule has 0 aliphatic carbocycles. The molecule has 1 heterocycles. The second-order valence-electron chi connectivity index (χ2n) is 4.85. The Morgan fingerprint density at radius 1 is 1.41 bits per heavy atom. The Kier molecular flexibility index (Phi) is 8.61. The highest BCUT2D eigenvalue weighted by Gasteiger charge is 2.27. The van der Waals surface area contributed by atoms with Gasteiger partial charge in [0.2, 0.25) is 5.91 Å². The minimum Gasteiger partial charge on any atom is -0.343 e. The van der Waals surface area contributed by atoms with Crippen LogP contribution in [0.25, 0.3) is 0 Å². The molecule has 1 N–H and O–H groups in total. The number of halogens is 1. The average Bonchev–Trinajstić information content (AvgIpc) is 2.29. The second kappa shape index (κ2) is 8.76. The maximum atomic E-state index is 12.3. The van der Waals surface area contributed by atoms with E-state index in [9.17, 15) is 4.79 Å². The molecule has 3 nitrogen and oxygen atoms in total. The quantitative estimate of drug-likeness (QED) is 0.826. The van der Waals surface area contributed by atoms with Crippen molar-refractivity contribution in [3.63, 3.8) is 0 Å². The lowest BCUT2D eigenvalue weighted by molar-refractivity contribution is -0.136. The zero-order valence-corrected chi connectivity index (χ0v) is 12.2. The van der Waals surface area contributed by atoms with Crippen molar-refractivity contribution in [3.05, 3.63) is 0 Å². The maximum Gasteiger partial charge on any atom is 0.225 e. The van der Waals surface area contributed by atoms with E-state index < -0.39 is 0 Å². The lowest BCUT2D eigenvalue weighted by atomic mass is 9.92. The predicted molar refractivity (Wildman–Crippen MR) is 74.6 cm³/mol. The molecule has 0 spiro atoms. The molecule has 1 aliphatic heterocycles. The standard InChI is InChI=1S/C13H26N2O.ClH/c1-4-6-9-15(5-2)13(16)12-7-8-14-11(3)10-12;/h11-12,14H,4-10H2,1-3H3;1H/t11-,12-;/m0./s1. The van der Waals surface area contributed by atoms with Crippen LogP contribution in [0.4, 0.5) is 0 Å². The van der Waals surface area contributed by atoms with Crippen LogP contribution in [0.2, 0.25) is 0 Å². The van der Waals surface area contributed by atoms with Gasteiger partial charge in [-0.1, -0.05) is 13.3 Å². The Morgan fingerprint density at radius 3 is 2.65 bits per heavy atom. The molecule has 1 fully saturated rings. The largest absolute Gasteiger partial charge is 0.343 e. The normalized spacial score (nSPS) is 23.9. The summed E-state index contributed by atoms with van der Waals surface area (Å²) in [5.41, 5.74) is 0. The van der Waals surface area contributed by atoms with E-state index in [-0.39, 0.29) is 18.3 Å². The molecule has 1 rings (SSSR count). The maximum absolute atomic E-state index is 12.3. The lowest BCUT2D eigenvalue weighted by Gasteiger charge is -2.31. The van der Waals surface area contributed by atoms with Gasteiger partial charge in [-0.2, -0.15) is 0 Å². The van der Waals surface area contributed by atoms with Crippen molar-refractivity contribution >= 4 is 18.3 Å². The number of amides is 1. The van der Waals surface area contributed by atoms with Gasteiger partial charge in [0.1, 0.15) is 0 Å². The zero-order valence-electron chi connectivity index (χ0n) is 11.4. The van der Waals surface area contributed by atoms with Crippen LogP contribution in [-0.2, 0) is 4.79 Å². The van der Waals surface area contributed by atoms with Crippen molar-refractivity contribution in [2.24, 2.45) is 5.92 Å². The predicted octanol–water partition coefficient (Wildman–Crippen LogP) is 2.44. The Labute approximate surface area is 112 Å². The molecule has 4 heteroatoms. The Balaban J connectivity index is 0.00000256. The van der Waals surface area contributed by atoms with E-state index in [0.717, 1.165) is 45.3 Å². The third-order valence-corrected chi connectivity index (χ3v) is 3.45. The first kappa shape index (κ1) is 16.7. The van der Waals surface area contributed by atoms with Gasteiger partial charge in [-0.3, -0.25) is 4.79 Å². The van der Waals surface area contributed by atoms with E-state index in [1.807, 2.05) is 4.90 Å². The molecule has 1 saturated heterocycles. The molecule has 0 unspecified atom stereocenters. The van der Waals surface area contributed by atoms with Crippen LogP contribution in [0.15, 0.2) is 0 Å². The van der Waals surface area contributed by atoms with Crippen LogP contribution in [0.5, 0.6) is 0 Å². The fourth-order valence-electron chi connectivity index (χ4n) is 2.39. The van der Waals surface area contributed by atoms with Gasteiger partial charge in [0, 0.05) is 25.0 Å². The highest BCUT2D eigenvalue weighted by Crippen LogP contribution is 2.19. The first-order chi connectivity index (χ1) is 7.69. The molecule has 1 amide bonds. The number of nitrogens with one attached hydrogen (secondary N) is 1. The average molecular weight is 263 g/mol. The first-order valence-corrected chi connectivity index (χ1v) is 6.71. The van der Waals surface area contributed by atoms with Crippen LogP contribution in [0, 0.1) is 5.92 Å². The summed E-state index contributed by atoms with van der Waals surface area (Å²) in [5, 5.41) is 3.40. The molecule has 102 valence electrons. The van der Waals surface area contributed by atoms with E-state index in [4.69, 9.17) is 0 Å².